The van der Waals surface area contributed by atoms with Gasteiger partial charge >= 0.3 is 5.97 Å². The molecule has 0 bridgehead atoms. The topological polar surface area (TPSA) is 107 Å². The van der Waals surface area contributed by atoms with Gasteiger partial charge in [0.15, 0.2) is 5.82 Å². The zero-order chi connectivity index (χ0) is 18.8. The van der Waals surface area contributed by atoms with Gasteiger partial charge in [-0.2, -0.15) is 10.1 Å². The molecule has 0 aliphatic carbocycles. The van der Waals surface area contributed by atoms with Gasteiger partial charge in [0.1, 0.15) is 0 Å². The molecule has 4 rings (SSSR count). The van der Waals surface area contributed by atoms with Crippen molar-refractivity contribution >= 4 is 5.97 Å². The zero-order valence-corrected chi connectivity index (χ0v) is 14.8. The molecule has 27 heavy (non-hydrogen) atoms. The third-order valence-corrected chi connectivity index (χ3v) is 4.49. The number of carbonyl (C=O) groups is 1. The van der Waals surface area contributed by atoms with Gasteiger partial charge in [-0.15, -0.1) is 0 Å². The van der Waals surface area contributed by atoms with E-state index in [0.717, 1.165) is 11.1 Å². The quantitative estimate of drug-likeness (QED) is 0.725. The second-order valence-electron chi connectivity index (χ2n) is 6.43. The molecule has 140 valence electrons. The van der Waals surface area contributed by atoms with Crippen molar-refractivity contribution in [1.82, 2.24) is 24.8 Å². The highest BCUT2D eigenvalue weighted by Gasteiger charge is 2.29. The number of aryl methyl sites for hydroxylation is 1. The van der Waals surface area contributed by atoms with Crippen LogP contribution in [0.2, 0.25) is 0 Å². The minimum atomic E-state index is -0.936. The van der Waals surface area contributed by atoms with Crippen LogP contribution in [0.3, 0.4) is 0 Å². The highest BCUT2D eigenvalue weighted by molar-refractivity contribution is 5.87. The number of ether oxygens (including phenoxy) is 1. The summed E-state index contributed by atoms with van der Waals surface area (Å²) < 4.78 is 12.7. The number of benzene rings is 1. The van der Waals surface area contributed by atoms with Gasteiger partial charge < -0.3 is 14.4 Å². The van der Waals surface area contributed by atoms with Crippen molar-refractivity contribution < 1.29 is 19.2 Å². The van der Waals surface area contributed by atoms with E-state index in [0.29, 0.717) is 38.0 Å². The van der Waals surface area contributed by atoms with Gasteiger partial charge in [-0.1, -0.05) is 17.3 Å². The van der Waals surface area contributed by atoms with Crippen molar-refractivity contribution in [2.24, 2.45) is 7.05 Å². The SMILES string of the molecule is Cn1cc(-c2nc(C3COCCN3Cc3cccc(C(=O)O)c3)no2)cn1. The fourth-order valence-corrected chi connectivity index (χ4v) is 3.12. The molecule has 9 nitrogen and oxygen atoms in total. The first-order chi connectivity index (χ1) is 13.1. The van der Waals surface area contributed by atoms with Crippen LogP contribution in [0.4, 0.5) is 0 Å². The molecular weight excluding hydrogens is 350 g/mol. The van der Waals surface area contributed by atoms with Crippen LogP contribution in [-0.4, -0.2) is 55.7 Å². The average molecular weight is 369 g/mol. The van der Waals surface area contributed by atoms with E-state index in [2.05, 4.69) is 20.1 Å². The predicted octanol–water partition coefficient (Wildman–Crippen LogP) is 1.74. The molecule has 1 aromatic carbocycles. The van der Waals surface area contributed by atoms with Gasteiger partial charge in [-0.05, 0) is 17.7 Å². The normalized spacial score (nSPS) is 17.9. The van der Waals surface area contributed by atoms with E-state index >= 15 is 0 Å². The maximum Gasteiger partial charge on any atom is 0.335 e. The van der Waals surface area contributed by atoms with Crippen LogP contribution >= 0.6 is 0 Å². The van der Waals surface area contributed by atoms with Crippen molar-refractivity contribution in [3.05, 3.63) is 53.6 Å². The number of rotatable bonds is 5. The van der Waals surface area contributed by atoms with Gasteiger partial charge in [0.05, 0.1) is 36.6 Å². The van der Waals surface area contributed by atoms with E-state index in [1.165, 1.54) is 0 Å². The summed E-state index contributed by atoms with van der Waals surface area (Å²) in [6, 6.07) is 6.77. The lowest BCUT2D eigenvalue weighted by Crippen LogP contribution is -2.39. The Morgan fingerprint density at radius 2 is 2.30 bits per heavy atom. The minimum absolute atomic E-state index is 0.165. The lowest BCUT2D eigenvalue weighted by molar-refractivity contribution is -0.0166. The van der Waals surface area contributed by atoms with Crippen LogP contribution in [0, 0.1) is 0 Å². The number of hydrogen-bond acceptors (Lipinski definition) is 7. The summed E-state index contributed by atoms with van der Waals surface area (Å²) >= 11 is 0. The van der Waals surface area contributed by atoms with Crippen LogP contribution in [-0.2, 0) is 18.3 Å². The first-order valence-corrected chi connectivity index (χ1v) is 8.57. The van der Waals surface area contributed by atoms with Crippen LogP contribution < -0.4 is 0 Å². The Labute approximate surface area is 155 Å². The van der Waals surface area contributed by atoms with Crippen molar-refractivity contribution in [2.45, 2.75) is 12.6 Å². The van der Waals surface area contributed by atoms with Gasteiger partial charge in [-0.3, -0.25) is 9.58 Å². The van der Waals surface area contributed by atoms with E-state index in [-0.39, 0.29) is 11.6 Å². The Morgan fingerprint density at radius 1 is 1.41 bits per heavy atom. The molecule has 1 aliphatic rings. The van der Waals surface area contributed by atoms with Crippen LogP contribution in [0.1, 0.15) is 27.8 Å². The van der Waals surface area contributed by atoms with E-state index in [9.17, 15) is 9.90 Å². The Kier molecular flexibility index (Phi) is 4.69. The summed E-state index contributed by atoms with van der Waals surface area (Å²) in [4.78, 5) is 17.9. The highest BCUT2D eigenvalue weighted by Crippen LogP contribution is 2.26. The zero-order valence-electron chi connectivity index (χ0n) is 14.8. The number of aromatic nitrogens is 4. The summed E-state index contributed by atoms with van der Waals surface area (Å²) in [5.74, 6) is 0.0223. The number of morpholine rings is 1. The Bertz CT molecular complexity index is 951. The predicted molar refractivity (Wildman–Crippen MR) is 93.9 cm³/mol. The summed E-state index contributed by atoms with van der Waals surface area (Å²) in [6.07, 6.45) is 3.48. The largest absolute Gasteiger partial charge is 0.478 e. The molecule has 3 aromatic rings. The van der Waals surface area contributed by atoms with Gasteiger partial charge in [0.2, 0.25) is 0 Å². The summed E-state index contributed by atoms with van der Waals surface area (Å²) in [7, 11) is 1.82. The van der Waals surface area contributed by atoms with Crippen molar-refractivity contribution in [3.63, 3.8) is 0 Å². The summed E-state index contributed by atoms with van der Waals surface area (Å²) in [5, 5.41) is 17.4. The highest BCUT2D eigenvalue weighted by atomic mass is 16.5. The van der Waals surface area contributed by atoms with Crippen molar-refractivity contribution in [1.29, 1.82) is 0 Å². The number of nitrogens with zero attached hydrogens (tertiary/aromatic N) is 5. The molecule has 3 heterocycles. The molecule has 2 aromatic heterocycles. The Balaban J connectivity index is 1.55. The van der Waals surface area contributed by atoms with Gasteiger partial charge in [0.25, 0.3) is 5.89 Å². The smallest absolute Gasteiger partial charge is 0.335 e. The lowest BCUT2D eigenvalue weighted by atomic mass is 10.1. The van der Waals surface area contributed by atoms with E-state index in [1.807, 2.05) is 19.3 Å². The molecule has 0 amide bonds. The maximum atomic E-state index is 11.2. The molecule has 0 saturated carbocycles. The third kappa shape index (κ3) is 3.74. The number of hydrogen-bond donors (Lipinski definition) is 1. The van der Waals surface area contributed by atoms with Crippen LogP contribution in [0.15, 0.2) is 41.2 Å². The van der Waals surface area contributed by atoms with Crippen molar-refractivity contribution in [3.8, 4) is 11.5 Å². The Hall–Kier alpha value is -3.04. The van der Waals surface area contributed by atoms with E-state index in [4.69, 9.17) is 9.26 Å². The number of aromatic carboxylic acids is 1. The number of carboxylic acids is 1. The monoisotopic (exact) mass is 369 g/mol. The molecule has 9 heteroatoms. The molecule has 0 spiro atoms. The molecule has 0 radical (unpaired) electrons. The van der Waals surface area contributed by atoms with Gasteiger partial charge in [0, 0.05) is 26.3 Å². The first kappa shape index (κ1) is 17.4. The maximum absolute atomic E-state index is 11.2. The fraction of sp³-hybridized carbons (Fsp3) is 0.333. The molecule has 1 saturated heterocycles. The molecule has 1 aliphatic heterocycles. The minimum Gasteiger partial charge on any atom is -0.478 e. The third-order valence-electron chi connectivity index (χ3n) is 4.49. The Morgan fingerprint density at radius 3 is 3.07 bits per heavy atom. The average Bonchev–Trinajstić information content (AvgIpc) is 3.31. The molecular formula is C18H19N5O4. The van der Waals surface area contributed by atoms with Gasteiger partial charge in [-0.25, -0.2) is 4.79 Å². The fourth-order valence-electron chi connectivity index (χ4n) is 3.12. The van der Waals surface area contributed by atoms with Crippen LogP contribution in [0.5, 0.6) is 0 Å². The standard InChI is InChI=1S/C18H19N5O4/c1-22-10-14(8-19-22)17-20-16(21-27-17)15-11-26-6-5-23(15)9-12-3-2-4-13(7-12)18(24)25/h2-4,7-8,10,15H,5-6,9,11H2,1H3,(H,24,25). The second-order valence-corrected chi connectivity index (χ2v) is 6.43. The lowest BCUT2D eigenvalue weighted by Gasteiger charge is -2.33. The molecule has 1 unspecified atom stereocenters. The van der Waals surface area contributed by atoms with Crippen molar-refractivity contribution in [2.75, 3.05) is 19.8 Å². The van der Waals surface area contributed by atoms with E-state index < -0.39 is 5.97 Å². The summed E-state index contributed by atoms with van der Waals surface area (Å²) in [5.41, 5.74) is 1.95. The molecule has 1 N–H and O–H groups in total. The second kappa shape index (κ2) is 7.29. The first-order valence-electron chi connectivity index (χ1n) is 8.57. The number of carboxylic acid groups (broad SMARTS) is 1. The van der Waals surface area contributed by atoms with E-state index in [1.54, 1.807) is 29.1 Å². The summed E-state index contributed by atoms with van der Waals surface area (Å²) in [6.45, 7) is 2.32. The van der Waals surface area contributed by atoms with Crippen LogP contribution in [0.25, 0.3) is 11.5 Å². The molecule has 1 fully saturated rings. The molecule has 1 atom stereocenters.